The summed E-state index contributed by atoms with van der Waals surface area (Å²) in [6.07, 6.45) is 0.0319. The number of alkyl carbamates (subject to hydrolysis) is 1. The van der Waals surface area contributed by atoms with E-state index in [4.69, 9.17) is 19.9 Å². The Hall–Kier alpha value is -3.67. The molecule has 12 nitrogen and oxygen atoms in total. The average Bonchev–Trinajstić information content (AvgIpc) is 2.73. The predicted octanol–water partition coefficient (Wildman–Crippen LogP) is 2.60. The predicted molar refractivity (Wildman–Crippen MR) is 130 cm³/mol. The van der Waals surface area contributed by atoms with Gasteiger partial charge in [-0.3, -0.25) is 4.79 Å². The molecule has 2 amide bonds. The van der Waals surface area contributed by atoms with Crippen LogP contribution in [0.15, 0.2) is 24.3 Å². The number of rotatable bonds is 8. The average molecular weight is 488 g/mol. The number of primary amides is 1. The van der Waals surface area contributed by atoms with E-state index in [0.29, 0.717) is 42.8 Å². The van der Waals surface area contributed by atoms with E-state index in [9.17, 15) is 9.59 Å². The van der Waals surface area contributed by atoms with E-state index < -0.39 is 17.6 Å². The van der Waals surface area contributed by atoms with Gasteiger partial charge in [0.25, 0.3) is 5.91 Å². The summed E-state index contributed by atoms with van der Waals surface area (Å²) in [5, 5.41) is 17.3. The van der Waals surface area contributed by atoms with Gasteiger partial charge in [-0.2, -0.15) is 4.98 Å². The third-order valence-electron chi connectivity index (χ3n) is 4.76. The minimum absolute atomic E-state index is 0.0389. The maximum Gasteiger partial charge on any atom is 0.408 e. The second-order valence-electron chi connectivity index (χ2n) is 9.38. The number of hydrogen-bond donors (Lipinski definition) is 4. The molecule has 1 aliphatic rings. The molecule has 2 aromatic heterocycles. The fraction of sp³-hybridized carbons (Fsp3) is 0.522. The van der Waals surface area contributed by atoms with Crippen molar-refractivity contribution in [2.75, 3.05) is 23.8 Å². The molecular formula is C23H33N7O5. The SMILES string of the molecule is CC(C)Oc1cccc(Nc2cc(N[C@@H]3CCOCC3NC(=O)OC(C)(C)C)nnc2C(N)=O)n1. The standard InChI is InChI=1S/C23H33N7O5/c1-13(2)34-19-8-6-7-17(28-19)26-15-11-18(29-30-20(15)21(24)31)25-14-9-10-33-12-16(14)27-22(32)35-23(3,4)5/h6-8,11,13-14,16H,9-10,12H2,1-5H3,(H2,24,31)(H,27,32)(H2,25,26,28,29)/t14-,16?/m1/s1. The first-order chi connectivity index (χ1) is 16.5. The maximum atomic E-state index is 12.3. The molecule has 5 N–H and O–H groups in total. The molecule has 190 valence electrons. The highest BCUT2D eigenvalue weighted by molar-refractivity contribution is 5.97. The Morgan fingerprint density at radius 3 is 2.63 bits per heavy atom. The summed E-state index contributed by atoms with van der Waals surface area (Å²) in [5.41, 5.74) is 5.17. The van der Waals surface area contributed by atoms with Gasteiger partial charge in [0.2, 0.25) is 5.88 Å². The first-order valence-electron chi connectivity index (χ1n) is 11.4. The van der Waals surface area contributed by atoms with E-state index in [1.807, 2.05) is 13.8 Å². The van der Waals surface area contributed by atoms with Crippen molar-refractivity contribution in [3.8, 4) is 5.88 Å². The second-order valence-corrected chi connectivity index (χ2v) is 9.38. The Bertz CT molecular complexity index is 1040. The van der Waals surface area contributed by atoms with Crippen molar-refractivity contribution in [3.63, 3.8) is 0 Å². The van der Waals surface area contributed by atoms with Crippen molar-refractivity contribution in [2.45, 2.75) is 64.8 Å². The minimum atomic E-state index is -0.739. The highest BCUT2D eigenvalue weighted by Crippen LogP contribution is 2.24. The normalized spacial score (nSPS) is 18.0. The molecule has 1 aliphatic heterocycles. The number of pyridine rings is 1. The molecule has 3 heterocycles. The largest absolute Gasteiger partial charge is 0.475 e. The van der Waals surface area contributed by atoms with Crippen molar-refractivity contribution < 1.29 is 23.8 Å². The third kappa shape index (κ3) is 7.95. The molecule has 12 heteroatoms. The van der Waals surface area contributed by atoms with Gasteiger partial charge in [0.1, 0.15) is 11.4 Å². The van der Waals surface area contributed by atoms with Crippen LogP contribution in [0.2, 0.25) is 0 Å². The molecule has 35 heavy (non-hydrogen) atoms. The summed E-state index contributed by atoms with van der Waals surface area (Å²) in [4.78, 5) is 28.6. The van der Waals surface area contributed by atoms with E-state index in [1.54, 1.807) is 45.0 Å². The number of nitrogens with zero attached hydrogens (tertiary/aromatic N) is 3. The lowest BCUT2D eigenvalue weighted by atomic mass is 10.0. The molecule has 1 saturated heterocycles. The van der Waals surface area contributed by atoms with Crippen LogP contribution in [0.3, 0.4) is 0 Å². The Morgan fingerprint density at radius 1 is 1.17 bits per heavy atom. The lowest BCUT2D eigenvalue weighted by molar-refractivity contribution is 0.0317. The zero-order valence-electron chi connectivity index (χ0n) is 20.6. The number of nitrogens with two attached hydrogens (primary N) is 1. The zero-order chi connectivity index (χ0) is 25.6. The van der Waals surface area contributed by atoms with Crippen LogP contribution in [-0.2, 0) is 9.47 Å². The van der Waals surface area contributed by atoms with Gasteiger partial charge < -0.3 is 35.9 Å². The number of nitrogens with one attached hydrogen (secondary N) is 3. The van der Waals surface area contributed by atoms with Gasteiger partial charge >= 0.3 is 6.09 Å². The topological polar surface area (TPSA) is 163 Å². The van der Waals surface area contributed by atoms with Crippen LogP contribution in [-0.4, -0.2) is 64.2 Å². The van der Waals surface area contributed by atoms with Crippen LogP contribution in [0.4, 0.5) is 22.1 Å². The number of amides is 2. The Morgan fingerprint density at radius 2 is 1.94 bits per heavy atom. The van der Waals surface area contributed by atoms with E-state index in [-0.39, 0.29) is 23.9 Å². The number of carbonyl (C=O) groups is 2. The van der Waals surface area contributed by atoms with Crippen molar-refractivity contribution in [3.05, 3.63) is 30.0 Å². The summed E-state index contributed by atoms with van der Waals surface area (Å²) in [6.45, 7) is 10.0. The molecule has 1 fully saturated rings. The van der Waals surface area contributed by atoms with Crippen LogP contribution in [0.1, 0.15) is 51.5 Å². The molecule has 0 spiro atoms. The van der Waals surface area contributed by atoms with Crippen LogP contribution in [0.25, 0.3) is 0 Å². The monoisotopic (exact) mass is 487 g/mol. The number of anilines is 3. The molecule has 0 radical (unpaired) electrons. The zero-order valence-corrected chi connectivity index (χ0v) is 20.6. The van der Waals surface area contributed by atoms with Crippen molar-refractivity contribution >= 4 is 29.3 Å². The van der Waals surface area contributed by atoms with Crippen molar-refractivity contribution in [2.24, 2.45) is 5.73 Å². The van der Waals surface area contributed by atoms with Gasteiger partial charge in [-0.15, -0.1) is 10.2 Å². The quantitative estimate of drug-likeness (QED) is 0.435. The van der Waals surface area contributed by atoms with Crippen LogP contribution >= 0.6 is 0 Å². The molecule has 1 unspecified atom stereocenters. The van der Waals surface area contributed by atoms with Gasteiger partial charge in [0.05, 0.1) is 30.5 Å². The Labute approximate surface area is 204 Å². The molecule has 3 rings (SSSR count). The van der Waals surface area contributed by atoms with E-state index in [1.165, 1.54) is 0 Å². The van der Waals surface area contributed by atoms with Crippen molar-refractivity contribution in [1.82, 2.24) is 20.5 Å². The molecule has 0 aromatic carbocycles. The molecule has 2 atom stereocenters. The van der Waals surface area contributed by atoms with E-state index in [0.717, 1.165) is 0 Å². The highest BCUT2D eigenvalue weighted by atomic mass is 16.6. The van der Waals surface area contributed by atoms with Gasteiger partial charge in [-0.1, -0.05) is 6.07 Å². The first kappa shape index (κ1) is 25.9. The molecule has 0 bridgehead atoms. The summed E-state index contributed by atoms with van der Waals surface area (Å²) in [5.74, 6) is 0.524. The summed E-state index contributed by atoms with van der Waals surface area (Å²) in [7, 11) is 0. The van der Waals surface area contributed by atoms with Gasteiger partial charge in [0.15, 0.2) is 11.5 Å². The lowest BCUT2D eigenvalue weighted by Gasteiger charge is -2.33. The Kier molecular flexibility index (Phi) is 8.28. The fourth-order valence-electron chi connectivity index (χ4n) is 3.37. The van der Waals surface area contributed by atoms with Gasteiger partial charge in [-0.25, -0.2) is 4.79 Å². The van der Waals surface area contributed by atoms with Crippen LogP contribution in [0, 0.1) is 0 Å². The van der Waals surface area contributed by atoms with Crippen molar-refractivity contribution in [1.29, 1.82) is 0 Å². The van der Waals surface area contributed by atoms with Crippen LogP contribution < -0.4 is 26.4 Å². The summed E-state index contributed by atoms with van der Waals surface area (Å²) < 4.78 is 16.5. The number of aromatic nitrogens is 3. The molecular weight excluding hydrogens is 454 g/mol. The summed E-state index contributed by atoms with van der Waals surface area (Å²) >= 11 is 0. The fourth-order valence-corrected chi connectivity index (χ4v) is 3.37. The number of carbonyl (C=O) groups excluding carboxylic acids is 2. The number of hydrogen-bond acceptors (Lipinski definition) is 10. The second kappa shape index (κ2) is 11.2. The highest BCUT2D eigenvalue weighted by Gasteiger charge is 2.29. The first-order valence-corrected chi connectivity index (χ1v) is 11.4. The van der Waals surface area contributed by atoms with Crippen LogP contribution in [0.5, 0.6) is 5.88 Å². The lowest BCUT2D eigenvalue weighted by Crippen LogP contribution is -2.53. The van der Waals surface area contributed by atoms with E-state index >= 15 is 0 Å². The van der Waals surface area contributed by atoms with Gasteiger partial charge in [-0.05, 0) is 47.1 Å². The Balaban J connectivity index is 1.78. The molecule has 2 aromatic rings. The smallest absolute Gasteiger partial charge is 0.408 e. The number of ether oxygens (including phenoxy) is 3. The molecule has 0 saturated carbocycles. The van der Waals surface area contributed by atoms with E-state index in [2.05, 4.69) is 31.1 Å². The third-order valence-corrected chi connectivity index (χ3v) is 4.76. The minimum Gasteiger partial charge on any atom is -0.475 e. The summed E-state index contributed by atoms with van der Waals surface area (Å²) in [6, 6.07) is 6.29. The maximum absolute atomic E-state index is 12.3. The van der Waals surface area contributed by atoms with Gasteiger partial charge in [0, 0.05) is 18.7 Å². The molecule has 0 aliphatic carbocycles.